The molecule has 0 spiro atoms. The van der Waals surface area contributed by atoms with Crippen LogP contribution in [0.3, 0.4) is 0 Å². The predicted octanol–water partition coefficient (Wildman–Crippen LogP) is 7.23. The fraction of sp³-hybridized carbons (Fsp3) is 0.475. The minimum atomic E-state index is -0.788. The molecule has 14 heteroatoms. The smallest absolute Gasteiger partial charge is 0.414 e. The molecule has 2 heterocycles. The summed E-state index contributed by atoms with van der Waals surface area (Å²) in [7, 11) is 6.63. The largest absolute Gasteiger partial charge is 0.494 e. The first-order valence-corrected chi connectivity index (χ1v) is 17.4. The zero-order valence-corrected chi connectivity index (χ0v) is 34.6. The number of anilines is 2. The molecule has 0 fully saturated rings. The van der Waals surface area contributed by atoms with Crippen LogP contribution >= 0.6 is 9.90 Å². The predicted molar refractivity (Wildman–Crippen MR) is 210 cm³/mol. The highest BCUT2D eigenvalue weighted by molar-refractivity contribution is 6.92. The van der Waals surface area contributed by atoms with Crippen LogP contribution < -0.4 is 24.4 Å². The van der Waals surface area contributed by atoms with Gasteiger partial charge in [0.05, 0.1) is 6.61 Å². The van der Waals surface area contributed by atoms with E-state index < -0.39 is 41.6 Å². The lowest BCUT2D eigenvalue weighted by molar-refractivity contribution is -0.178. The van der Waals surface area contributed by atoms with Crippen molar-refractivity contribution in [1.29, 1.82) is 0 Å². The Hall–Kier alpha value is -4.58. The monoisotopic (exact) mass is 770 g/mol. The molecule has 296 valence electrons. The number of hydrogen-bond donors (Lipinski definition) is 1. The Bertz CT molecular complexity index is 1750. The van der Waals surface area contributed by atoms with Gasteiger partial charge in [-0.15, -0.1) is 0 Å². The maximum atomic E-state index is 12.7. The second kappa shape index (κ2) is 18.6. The first kappa shape index (κ1) is 43.8. The van der Waals surface area contributed by atoms with E-state index in [1.165, 1.54) is 18.7 Å². The molecule has 0 saturated carbocycles. The molecule has 0 aromatic heterocycles. The third kappa shape index (κ3) is 10.3. The summed E-state index contributed by atoms with van der Waals surface area (Å²) in [5.41, 5.74) is 2.53. The minimum Gasteiger partial charge on any atom is -0.494 e. The Morgan fingerprint density at radius 3 is 1.74 bits per heavy atom. The summed E-state index contributed by atoms with van der Waals surface area (Å²) in [5.74, 6) is 1.36. The Morgan fingerprint density at radius 2 is 1.28 bits per heavy atom. The Morgan fingerprint density at radius 1 is 0.778 bits per heavy atom. The number of carbonyl (C=O) groups excluding carboxylic acids is 3. The molecule has 1 N–H and O–H groups in total. The molecule has 2 aliphatic rings. The van der Waals surface area contributed by atoms with Gasteiger partial charge in [0, 0.05) is 64.7 Å². The number of hydrogen-bond acceptors (Lipinski definition) is 12. The van der Waals surface area contributed by atoms with Crippen LogP contribution in [0.15, 0.2) is 60.7 Å². The van der Waals surface area contributed by atoms with Gasteiger partial charge in [0.1, 0.15) is 47.3 Å². The molecule has 0 saturated heterocycles. The lowest BCUT2D eigenvalue weighted by Crippen LogP contribution is -2.51. The third-order valence-electron chi connectivity index (χ3n) is 8.92. The van der Waals surface area contributed by atoms with Gasteiger partial charge >= 0.3 is 18.0 Å². The van der Waals surface area contributed by atoms with Crippen molar-refractivity contribution >= 4 is 39.3 Å². The number of amides is 1. The van der Waals surface area contributed by atoms with Gasteiger partial charge < -0.3 is 43.2 Å². The van der Waals surface area contributed by atoms with Gasteiger partial charge in [0.15, 0.2) is 12.2 Å². The number of rotatable bonds is 10. The van der Waals surface area contributed by atoms with Crippen LogP contribution in [-0.2, 0) is 39.9 Å². The highest BCUT2D eigenvalue weighted by Crippen LogP contribution is 2.45. The minimum absolute atomic E-state index is 0. The van der Waals surface area contributed by atoms with E-state index in [0.29, 0.717) is 23.6 Å². The topological polar surface area (TPSA) is 140 Å². The number of fused-ring (bicyclic) bond motifs is 2. The fourth-order valence-corrected chi connectivity index (χ4v) is 6.28. The molecule has 2 aliphatic heterocycles. The van der Waals surface area contributed by atoms with E-state index in [2.05, 4.69) is 5.32 Å². The molecule has 5 unspecified atom stereocenters. The molecule has 0 aliphatic carbocycles. The summed E-state index contributed by atoms with van der Waals surface area (Å²) in [6, 6.07) is 18.5. The van der Waals surface area contributed by atoms with E-state index in [0.717, 1.165) is 28.3 Å². The van der Waals surface area contributed by atoms with Crippen LogP contribution in [0.4, 0.5) is 16.2 Å². The van der Waals surface area contributed by atoms with Crippen molar-refractivity contribution in [2.45, 2.75) is 90.7 Å². The van der Waals surface area contributed by atoms with Crippen molar-refractivity contribution in [3.63, 3.8) is 0 Å². The molecular weight excluding hydrogens is 715 g/mol. The highest BCUT2D eigenvalue weighted by Gasteiger charge is 2.48. The van der Waals surface area contributed by atoms with E-state index in [9.17, 15) is 14.4 Å². The SMILES string of the molecule is CCOc1ccc(COC(=O)N(C)c2ccc3c(c2)C(OC)C(OC(C)=O)C(C)(C)O3)cc1.CNc1ccc2c(c1)C(OC)C(OC(C)=O)C(C)(C)O2.P. The van der Waals surface area contributed by atoms with Crippen LogP contribution in [0.1, 0.15) is 77.4 Å². The third-order valence-corrected chi connectivity index (χ3v) is 8.92. The summed E-state index contributed by atoms with van der Waals surface area (Å²) in [6.45, 7) is 12.8. The van der Waals surface area contributed by atoms with E-state index >= 15 is 0 Å². The lowest BCUT2D eigenvalue weighted by Gasteiger charge is -2.43. The quantitative estimate of drug-likeness (QED) is 0.126. The molecule has 5 rings (SSSR count). The number of benzene rings is 3. The summed E-state index contributed by atoms with van der Waals surface area (Å²) >= 11 is 0. The lowest BCUT2D eigenvalue weighted by atomic mass is 9.88. The van der Waals surface area contributed by atoms with Crippen LogP contribution in [0, 0.1) is 0 Å². The normalized spacial score (nSPS) is 20.0. The van der Waals surface area contributed by atoms with Crippen molar-refractivity contribution in [1.82, 2.24) is 0 Å². The van der Waals surface area contributed by atoms with Crippen molar-refractivity contribution in [3.8, 4) is 17.2 Å². The van der Waals surface area contributed by atoms with Crippen molar-refractivity contribution < 1.29 is 52.3 Å². The number of esters is 2. The number of nitrogens with one attached hydrogen (secondary N) is 1. The van der Waals surface area contributed by atoms with Crippen LogP contribution in [-0.4, -0.2) is 76.4 Å². The first-order valence-electron chi connectivity index (χ1n) is 17.4. The van der Waals surface area contributed by atoms with Crippen molar-refractivity contribution in [2.24, 2.45) is 0 Å². The first-order chi connectivity index (χ1) is 25.0. The Kier molecular flexibility index (Phi) is 15.1. The summed E-state index contributed by atoms with van der Waals surface area (Å²) in [4.78, 5) is 37.1. The van der Waals surface area contributed by atoms with Crippen LogP contribution in [0.2, 0.25) is 0 Å². The van der Waals surface area contributed by atoms with Gasteiger partial charge in [-0.2, -0.15) is 9.90 Å². The van der Waals surface area contributed by atoms with E-state index in [4.69, 9.17) is 37.9 Å². The molecule has 54 heavy (non-hydrogen) atoms. The van der Waals surface area contributed by atoms with E-state index in [1.807, 2.05) is 84.1 Å². The molecule has 3 aromatic carbocycles. The number of nitrogens with zero attached hydrogens (tertiary/aromatic N) is 1. The van der Waals surface area contributed by atoms with Gasteiger partial charge in [-0.1, -0.05) is 12.1 Å². The number of methoxy groups -OCH3 is 2. The molecule has 0 radical (unpaired) electrons. The van der Waals surface area contributed by atoms with Gasteiger partial charge in [0.2, 0.25) is 0 Å². The van der Waals surface area contributed by atoms with E-state index in [-0.39, 0.29) is 28.6 Å². The zero-order chi connectivity index (χ0) is 39.1. The highest BCUT2D eigenvalue weighted by atomic mass is 31.0. The van der Waals surface area contributed by atoms with Crippen molar-refractivity contribution in [3.05, 3.63) is 77.4 Å². The Labute approximate surface area is 321 Å². The standard InChI is InChI=1S/C25H31NO7.C15H21NO4.H3P/c1-7-30-19-11-8-17(9-12-19)15-31-24(28)26(5)18-10-13-21-20(14-18)22(29-6)23(32-16(2)27)25(3,4)33-21;1-9(17)19-14-13(18-5)11-8-10(16-4)6-7-12(11)20-15(14,2)3;/h8-14,22-23H,7,15H2,1-6H3;6-8,13-14,16H,1-5H3;1H3. The van der Waals surface area contributed by atoms with Crippen molar-refractivity contribution in [2.75, 3.05) is 45.1 Å². The number of ether oxygens (including phenoxy) is 8. The average Bonchev–Trinajstić information content (AvgIpc) is 3.11. The van der Waals surface area contributed by atoms with Gasteiger partial charge in [-0.25, -0.2) is 4.79 Å². The molecule has 1 amide bonds. The molecule has 3 aromatic rings. The average molecular weight is 771 g/mol. The fourth-order valence-electron chi connectivity index (χ4n) is 6.28. The summed E-state index contributed by atoms with van der Waals surface area (Å²) in [5, 5.41) is 3.08. The molecular formula is C40H55N2O11P. The van der Waals surface area contributed by atoms with Crippen LogP contribution in [0.5, 0.6) is 17.2 Å². The maximum Gasteiger partial charge on any atom is 0.414 e. The molecule has 5 atom stereocenters. The van der Waals surface area contributed by atoms with E-state index in [1.54, 1.807) is 39.5 Å². The van der Waals surface area contributed by atoms with Gasteiger partial charge in [0.25, 0.3) is 0 Å². The second-order valence-corrected chi connectivity index (χ2v) is 13.7. The number of carbonyl (C=O) groups is 3. The van der Waals surface area contributed by atoms with Gasteiger partial charge in [-0.3, -0.25) is 14.5 Å². The molecule has 13 nitrogen and oxygen atoms in total. The Balaban J connectivity index is 0.000000320. The maximum absolute atomic E-state index is 12.7. The molecule has 0 bridgehead atoms. The zero-order valence-electron chi connectivity index (χ0n) is 33.1. The summed E-state index contributed by atoms with van der Waals surface area (Å²) < 4.78 is 45.2. The summed E-state index contributed by atoms with van der Waals surface area (Å²) in [6.07, 6.45) is -2.57. The van der Waals surface area contributed by atoms with Crippen LogP contribution in [0.25, 0.3) is 0 Å². The van der Waals surface area contributed by atoms with Gasteiger partial charge in [-0.05, 0) is 88.7 Å². The second-order valence-electron chi connectivity index (χ2n) is 13.7.